The van der Waals surface area contributed by atoms with Gasteiger partial charge < -0.3 is 19.5 Å². The number of fused-ring (bicyclic) bond motifs is 1. The summed E-state index contributed by atoms with van der Waals surface area (Å²) in [6.45, 7) is -2.47. The van der Waals surface area contributed by atoms with Crippen LogP contribution in [0.4, 0.5) is 14.5 Å². The Hall–Kier alpha value is -3.65. The molecule has 9 heteroatoms. The fourth-order valence-electron chi connectivity index (χ4n) is 3.48. The SMILES string of the molecule is COc1ccc(CNc2cnnc3cc(-c4cc(Cl)ccc4OC(F)F)ccc23)c(OC)c1. The van der Waals surface area contributed by atoms with E-state index in [0.29, 0.717) is 39.7 Å². The van der Waals surface area contributed by atoms with Crippen LogP contribution in [0.25, 0.3) is 22.0 Å². The molecule has 0 aliphatic heterocycles. The zero-order chi connectivity index (χ0) is 23.4. The molecule has 0 aliphatic carbocycles. The van der Waals surface area contributed by atoms with E-state index in [1.54, 1.807) is 38.6 Å². The molecule has 4 aromatic rings. The van der Waals surface area contributed by atoms with Crippen LogP contribution in [0.5, 0.6) is 17.2 Å². The van der Waals surface area contributed by atoms with Gasteiger partial charge in [-0.25, -0.2) is 0 Å². The highest BCUT2D eigenvalue weighted by molar-refractivity contribution is 6.31. The van der Waals surface area contributed by atoms with E-state index in [9.17, 15) is 8.78 Å². The Morgan fingerprint density at radius 2 is 1.82 bits per heavy atom. The molecule has 4 rings (SSSR count). The van der Waals surface area contributed by atoms with Crippen LogP contribution in [0.15, 0.2) is 60.8 Å². The summed E-state index contributed by atoms with van der Waals surface area (Å²) >= 11 is 6.09. The summed E-state index contributed by atoms with van der Waals surface area (Å²) in [6.07, 6.45) is 1.63. The summed E-state index contributed by atoms with van der Waals surface area (Å²) < 4.78 is 41.0. The van der Waals surface area contributed by atoms with Gasteiger partial charge in [-0.1, -0.05) is 17.7 Å². The summed E-state index contributed by atoms with van der Waals surface area (Å²) in [5, 5.41) is 12.9. The molecule has 0 amide bonds. The highest BCUT2D eigenvalue weighted by atomic mass is 35.5. The van der Waals surface area contributed by atoms with Crippen molar-refractivity contribution in [3.05, 3.63) is 71.4 Å². The summed E-state index contributed by atoms with van der Waals surface area (Å²) in [6, 6.07) is 15.5. The first-order chi connectivity index (χ1) is 16.0. The molecular weight excluding hydrogens is 452 g/mol. The van der Waals surface area contributed by atoms with Gasteiger partial charge in [-0.05, 0) is 48.0 Å². The number of aromatic nitrogens is 2. The van der Waals surface area contributed by atoms with Crippen molar-refractivity contribution in [3.8, 4) is 28.4 Å². The summed E-state index contributed by atoms with van der Waals surface area (Å²) in [5.74, 6) is 1.43. The largest absolute Gasteiger partial charge is 0.497 e. The van der Waals surface area contributed by atoms with E-state index in [1.165, 1.54) is 12.1 Å². The first-order valence-electron chi connectivity index (χ1n) is 9.93. The molecule has 0 atom stereocenters. The lowest BCUT2D eigenvalue weighted by molar-refractivity contribution is -0.0494. The van der Waals surface area contributed by atoms with Gasteiger partial charge in [0, 0.05) is 34.1 Å². The second kappa shape index (κ2) is 9.87. The Morgan fingerprint density at radius 3 is 2.58 bits per heavy atom. The minimum atomic E-state index is -2.95. The van der Waals surface area contributed by atoms with Crippen molar-refractivity contribution < 1.29 is 23.0 Å². The summed E-state index contributed by atoms with van der Waals surface area (Å²) in [5.41, 5.74) is 3.35. The topological polar surface area (TPSA) is 65.5 Å². The molecule has 0 saturated heterocycles. The number of hydrogen-bond acceptors (Lipinski definition) is 6. The fourth-order valence-corrected chi connectivity index (χ4v) is 3.66. The Balaban J connectivity index is 1.65. The van der Waals surface area contributed by atoms with Crippen LogP contribution in [0.3, 0.4) is 0 Å². The molecule has 0 radical (unpaired) electrons. The number of alkyl halides is 2. The molecule has 0 aliphatic rings. The molecule has 0 bridgehead atoms. The average Bonchev–Trinajstić information content (AvgIpc) is 2.83. The van der Waals surface area contributed by atoms with E-state index < -0.39 is 6.61 Å². The van der Waals surface area contributed by atoms with Gasteiger partial charge in [0.2, 0.25) is 0 Å². The summed E-state index contributed by atoms with van der Waals surface area (Å²) in [7, 11) is 3.20. The number of ether oxygens (including phenoxy) is 3. The molecule has 0 unspecified atom stereocenters. The predicted molar refractivity (Wildman–Crippen MR) is 123 cm³/mol. The van der Waals surface area contributed by atoms with Crippen LogP contribution in [0.2, 0.25) is 5.02 Å². The van der Waals surface area contributed by atoms with Crippen molar-refractivity contribution in [1.29, 1.82) is 0 Å². The molecule has 6 nitrogen and oxygen atoms in total. The molecule has 33 heavy (non-hydrogen) atoms. The Morgan fingerprint density at radius 1 is 0.970 bits per heavy atom. The number of benzene rings is 3. The quantitative estimate of drug-likeness (QED) is 0.331. The van der Waals surface area contributed by atoms with E-state index in [0.717, 1.165) is 16.6 Å². The molecular formula is C24H20ClF2N3O3. The molecule has 3 aromatic carbocycles. The van der Waals surface area contributed by atoms with Crippen LogP contribution >= 0.6 is 11.6 Å². The number of hydrogen-bond donors (Lipinski definition) is 1. The minimum Gasteiger partial charge on any atom is -0.497 e. The van der Waals surface area contributed by atoms with Crippen molar-refractivity contribution in [2.45, 2.75) is 13.2 Å². The van der Waals surface area contributed by atoms with Crippen LogP contribution < -0.4 is 19.5 Å². The highest BCUT2D eigenvalue weighted by Crippen LogP contribution is 2.36. The number of methoxy groups -OCH3 is 2. The second-order valence-corrected chi connectivity index (χ2v) is 7.48. The van der Waals surface area contributed by atoms with Gasteiger partial charge in [0.25, 0.3) is 0 Å². The molecule has 0 spiro atoms. The van der Waals surface area contributed by atoms with Crippen molar-refractivity contribution in [1.82, 2.24) is 10.2 Å². The zero-order valence-corrected chi connectivity index (χ0v) is 18.6. The smallest absolute Gasteiger partial charge is 0.387 e. The highest BCUT2D eigenvalue weighted by Gasteiger charge is 2.14. The van der Waals surface area contributed by atoms with Crippen LogP contribution in [0.1, 0.15) is 5.56 Å². The molecule has 1 N–H and O–H groups in total. The van der Waals surface area contributed by atoms with E-state index >= 15 is 0 Å². The molecule has 0 saturated carbocycles. The van der Waals surface area contributed by atoms with Gasteiger partial charge >= 0.3 is 6.61 Å². The monoisotopic (exact) mass is 471 g/mol. The van der Waals surface area contributed by atoms with Crippen molar-refractivity contribution in [2.24, 2.45) is 0 Å². The van der Waals surface area contributed by atoms with E-state index in [1.807, 2.05) is 24.3 Å². The van der Waals surface area contributed by atoms with E-state index in [-0.39, 0.29) is 5.75 Å². The zero-order valence-electron chi connectivity index (χ0n) is 17.8. The minimum absolute atomic E-state index is 0.0302. The van der Waals surface area contributed by atoms with Gasteiger partial charge in [0.1, 0.15) is 17.2 Å². The number of nitrogens with one attached hydrogen (secondary N) is 1. The second-order valence-electron chi connectivity index (χ2n) is 7.04. The van der Waals surface area contributed by atoms with Crippen LogP contribution in [0, 0.1) is 0 Å². The average molecular weight is 472 g/mol. The first kappa shape index (κ1) is 22.5. The van der Waals surface area contributed by atoms with Crippen molar-refractivity contribution in [2.75, 3.05) is 19.5 Å². The molecule has 1 heterocycles. The fraction of sp³-hybridized carbons (Fsp3) is 0.167. The van der Waals surface area contributed by atoms with Gasteiger partial charge in [-0.3, -0.25) is 0 Å². The third-order valence-corrected chi connectivity index (χ3v) is 5.31. The summed E-state index contributed by atoms with van der Waals surface area (Å²) in [4.78, 5) is 0. The van der Waals surface area contributed by atoms with E-state index in [4.69, 9.17) is 21.1 Å². The number of anilines is 1. The Labute approximate surface area is 194 Å². The predicted octanol–water partition coefficient (Wildman–Crippen LogP) is 6.18. The normalized spacial score (nSPS) is 11.0. The van der Waals surface area contributed by atoms with Gasteiger partial charge in [-0.15, -0.1) is 0 Å². The Bertz CT molecular complexity index is 1290. The lowest BCUT2D eigenvalue weighted by Crippen LogP contribution is -2.04. The maximum Gasteiger partial charge on any atom is 0.387 e. The molecule has 0 fully saturated rings. The van der Waals surface area contributed by atoms with Gasteiger partial charge in [-0.2, -0.15) is 19.0 Å². The number of halogens is 3. The number of nitrogens with zero attached hydrogens (tertiary/aromatic N) is 2. The number of rotatable bonds is 8. The molecule has 170 valence electrons. The third-order valence-electron chi connectivity index (χ3n) is 5.07. The molecule has 1 aromatic heterocycles. The van der Waals surface area contributed by atoms with Crippen molar-refractivity contribution in [3.63, 3.8) is 0 Å². The van der Waals surface area contributed by atoms with E-state index in [2.05, 4.69) is 20.3 Å². The van der Waals surface area contributed by atoms with Crippen molar-refractivity contribution >= 4 is 28.2 Å². The van der Waals surface area contributed by atoms with Gasteiger partial charge in [0.15, 0.2) is 0 Å². The van der Waals surface area contributed by atoms with Crippen LogP contribution in [-0.4, -0.2) is 31.0 Å². The van der Waals surface area contributed by atoms with Crippen LogP contribution in [-0.2, 0) is 6.54 Å². The lowest BCUT2D eigenvalue weighted by Gasteiger charge is -2.14. The first-order valence-corrected chi connectivity index (χ1v) is 10.3. The van der Waals surface area contributed by atoms with Gasteiger partial charge in [0.05, 0.1) is 31.6 Å². The standard InChI is InChI=1S/C24H20ClF2N3O3/c1-31-17-6-3-15(23(11-17)32-2)12-28-21-13-29-30-20-9-14(4-7-18(20)21)19-10-16(25)5-8-22(19)33-24(26)27/h3-11,13,24H,12H2,1-2H3,(H,28,30). The Kier molecular flexibility index (Phi) is 6.74. The third kappa shape index (κ3) is 5.06. The maximum atomic E-state index is 12.8. The lowest BCUT2D eigenvalue weighted by atomic mass is 10.0. The maximum absolute atomic E-state index is 12.8.